The van der Waals surface area contributed by atoms with Gasteiger partial charge in [-0.1, -0.05) is 30.4 Å². The van der Waals surface area contributed by atoms with Gasteiger partial charge < -0.3 is 15.2 Å². The number of esters is 1. The van der Waals surface area contributed by atoms with Crippen LogP contribution >= 0.6 is 12.2 Å². The van der Waals surface area contributed by atoms with Gasteiger partial charge in [0.15, 0.2) is 5.92 Å². The standard InChI is InChI=1S/C13H14N2O4S/c1-8(14)10(12(16)18-2)11(20)15-13(17)19-9-6-4-3-5-7-9/h3-7,10H,1,14H2,2H3,(H,15,17,20)/p+1/t10-/m0/s1. The van der Waals surface area contributed by atoms with Crippen LogP contribution in [0.5, 0.6) is 5.75 Å². The van der Waals surface area contributed by atoms with Crippen molar-refractivity contribution in [2.75, 3.05) is 7.11 Å². The Morgan fingerprint density at radius 2 is 1.95 bits per heavy atom. The third-order valence-electron chi connectivity index (χ3n) is 2.29. The fourth-order valence-corrected chi connectivity index (χ4v) is 1.72. The Bertz CT molecular complexity index is 530. The Morgan fingerprint density at radius 1 is 1.35 bits per heavy atom. The van der Waals surface area contributed by atoms with Gasteiger partial charge in [-0.05, 0) is 18.7 Å². The maximum absolute atomic E-state index is 11.6. The van der Waals surface area contributed by atoms with Crippen LogP contribution in [0, 0.1) is 5.92 Å². The maximum atomic E-state index is 11.6. The lowest BCUT2D eigenvalue weighted by atomic mass is 10.1. The lowest BCUT2D eigenvalue weighted by Crippen LogP contribution is -2.55. The summed E-state index contributed by atoms with van der Waals surface area (Å²) in [7, 11) is 1.21. The Labute approximate surface area is 121 Å². The molecule has 1 rings (SSSR count). The van der Waals surface area contributed by atoms with E-state index in [0.29, 0.717) is 5.75 Å². The van der Waals surface area contributed by atoms with E-state index in [9.17, 15) is 9.59 Å². The molecular weight excluding hydrogens is 280 g/mol. The molecule has 0 aliphatic carbocycles. The highest BCUT2D eigenvalue weighted by atomic mass is 32.1. The molecule has 0 aromatic heterocycles. The largest absolute Gasteiger partial charge is 0.468 e. The van der Waals surface area contributed by atoms with E-state index in [1.807, 2.05) is 0 Å². The third kappa shape index (κ3) is 4.45. The van der Waals surface area contributed by atoms with E-state index in [-0.39, 0.29) is 10.7 Å². The van der Waals surface area contributed by atoms with E-state index >= 15 is 0 Å². The predicted molar refractivity (Wildman–Crippen MR) is 75.7 cm³/mol. The molecule has 0 aliphatic rings. The predicted octanol–water partition coefficient (Wildman–Crippen LogP) is 0.647. The molecule has 0 fully saturated rings. The van der Waals surface area contributed by atoms with E-state index in [1.165, 1.54) is 7.11 Å². The Hall–Kier alpha value is -2.25. The lowest BCUT2D eigenvalue weighted by Gasteiger charge is -2.14. The molecule has 1 atom stereocenters. The second kappa shape index (κ2) is 7.37. The van der Waals surface area contributed by atoms with Gasteiger partial charge in [0.25, 0.3) is 0 Å². The molecule has 0 bridgehead atoms. The average molecular weight is 295 g/mol. The van der Waals surface area contributed by atoms with E-state index < -0.39 is 18.0 Å². The van der Waals surface area contributed by atoms with Gasteiger partial charge in [-0.15, -0.1) is 0 Å². The molecular formula is C13H15N2O4S+. The molecule has 7 heteroatoms. The van der Waals surface area contributed by atoms with Crippen molar-refractivity contribution in [3.05, 3.63) is 42.6 Å². The number of carbonyl (C=O) groups excluding carboxylic acids is 2. The summed E-state index contributed by atoms with van der Waals surface area (Å²) in [4.78, 5) is 23.1. The number of para-hydroxylation sites is 1. The summed E-state index contributed by atoms with van der Waals surface area (Å²) < 4.78 is 9.56. The van der Waals surface area contributed by atoms with Gasteiger partial charge in [0.2, 0.25) is 0 Å². The van der Waals surface area contributed by atoms with E-state index in [0.717, 1.165) is 0 Å². The van der Waals surface area contributed by atoms with Gasteiger partial charge in [-0.3, -0.25) is 10.1 Å². The van der Waals surface area contributed by atoms with Gasteiger partial charge in [0.05, 0.1) is 7.11 Å². The normalized spacial score (nSPS) is 11.1. The molecule has 0 radical (unpaired) electrons. The summed E-state index contributed by atoms with van der Waals surface area (Å²) >= 11 is 4.97. The molecule has 1 aromatic rings. The number of hydrogen-bond acceptors (Lipinski definition) is 5. The topological polar surface area (TPSA) is 92.3 Å². The minimum absolute atomic E-state index is 0.0715. The number of carbonyl (C=O) groups is 2. The van der Waals surface area contributed by atoms with Crippen LogP contribution in [-0.2, 0) is 9.53 Å². The number of hydrogen-bond donors (Lipinski definition) is 2. The first-order valence-electron chi connectivity index (χ1n) is 5.62. The van der Waals surface area contributed by atoms with Crippen LogP contribution < -0.4 is 15.8 Å². The van der Waals surface area contributed by atoms with E-state index in [4.69, 9.17) is 17.0 Å². The number of benzene rings is 1. The zero-order valence-corrected chi connectivity index (χ0v) is 11.7. The number of rotatable bonds is 4. The second-order valence-corrected chi connectivity index (χ2v) is 4.25. The fourth-order valence-electron chi connectivity index (χ4n) is 1.37. The van der Waals surface area contributed by atoms with Crippen molar-refractivity contribution in [2.24, 2.45) is 5.92 Å². The average Bonchev–Trinajstić information content (AvgIpc) is 2.38. The number of methoxy groups -OCH3 is 1. The van der Waals surface area contributed by atoms with Crippen molar-refractivity contribution < 1.29 is 24.8 Å². The second-order valence-electron chi connectivity index (χ2n) is 3.81. The third-order valence-corrected chi connectivity index (χ3v) is 2.62. The molecule has 4 N–H and O–H groups in total. The van der Waals surface area contributed by atoms with Crippen molar-refractivity contribution in [3.63, 3.8) is 0 Å². The summed E-state index contributed by atoms with van der Waals surface area (Å²) in [5.74, 6) is -1.27. The lowest BCUT2D eigenvalue weighted by molar-refractivity contribution is -0.309. The fraction of sp³-hybridized carbons (Fsp3) is 0.154. The van der Waals surface area contributed by atoms with E-state index in [2.05, 4.69) is 22.4 Å². The van der Waals surface area contributed by atoms with E-state index in [1.54, 1.807) is 30.3 Å². The van der Waals surface area contributed by atoms with Crippen LogP contribution in [-0.4, -0.2) is 24.2 Å². The summed E-state index contributed by atoms with van der Waals surface area (Å²) in [6.45, 7) is 3.55. The number of amides is 1. The van der Waals surface area contributed by atoms with Crippen molar-refractivity contribution in [1.29, 1.82) is 0 Å². The highest BCUT2D eigenvalue weighted by Gasteiger charge is 2.30. The Morgan fingerprint density at radius 3 is 2.45 bits per heavy atom. The van der Waals surface area contributed by atoms with Gasteiger partial charge in [-0.2, -0.15) is 0 Å². The molecule has 0 unspecified atom stereocenters. The molecule has 0 saturated carbocycles. The van der Waals surface area contributed by atoms with Crippen molar-refractivity contribution in [2.45, 2.75) is 0 Å². The smallest absolute Gasteiger partial charge is 0.417 e. The molecule has 0 aliphatic heterocycles. The molecule has 0 saturated heterocycles. The number of quaternary nitrogens is 1. The van der Waals surface area contributed by atoms with Crippen LogP contribution in [0.25, 0.3) is 0 Å². The first kappa shape index (κ1) is 15.8. The number of ether oxygens (including phenoxy) is 2. The molecule has 106 valence electrons. The van der Waals surface area contributed by atoms with Crippen LogP contribution in [0.2, 0.25) is 0 Å². The van der Waals surface area contributed by atoms with Crippen LogP contribution in [0.4, 0.5) is 4.79 Å². The minimum Gasteiger partial charge on any atom is -0.468 e. The zero-order chi connectivity index (χ0) is 15.1. The van der Waals surface area contributed by atoms with Crippen molar-refractivity contribution >= 4 is 29.3 Å². The SMILES string of the molecule is C=C([NH3+])[C@H](C(=O)OC)C(=S)NC(=O)Oc1ccccc1. The first-order chi connectivity index (χ1) is 9.45. The summed E-state index contributed by atoms with van der Waals surface area (Å²) in [5.41, 5.74) is 3.77. The van der Waals surface area contributed by atoms with Crippen molar-refractivity contribution in [3.8, 4) is 5.75 Å². The van der Waals surface area contributed by atoms with Crippen LogP contribution in [0.1, 0.15) is 0 Å². The Balaban J connectivity index is 2.67. The quantitative estimate of drug-likeness (QED) is 0.628. The number of nitrogens with one attached hydrogen (secondary N) is 1. The highest BCUT2D eigenvalue weighted by Crippen LogP contribution is 2.10. The molecule has 20 heavy (non-hydrogen) atoms. The maximum Gasteiger partial charge on any atom is 0.417 e. The zero-order valence-electron chi connectivity index (χ0n) is 10.9. The summed E-state index contributed by atoms with van der Waals surface area (Å²) in [6.07, 6.45) is -0.795. The number of thiocarbonyl (C=S) groups is 1. The first-order valence-corrected chi connectivity index (χ1v) is 6.03. The van der Waals surface area contributed by atoms with Crippen molar-refractivity contribution in [1.82, 2.24) is 5.32 Å². The van der Waals surface area contributed by atoms with Gasteiger partial charge in [0.1, 0.15) is 16.4 Å². The molecule has 0 spiro atoms. The van der Waals surface area contributed by atoms with Gasteiger partial charge in [0, 0.05) is 0 Å². The molecule has 6 nitrogen and oxygen atoms in total. The van der Waals surface area contributed by atoms with Gasteiger partial charge in [-0.25, -0.2) is 4.79 Å². The monoisotopic (exact) mass is 295 g/mol. The highest BCUT2D eigenvalue weighted by molar-refractivity contribution is 7.80. The Kier molecular flexibility index (Phi) is 5.82. The minimum atomic E-state index is -0.988. The molecule has 1 aromatic carbocycles. The summed E-state index contributed by atoms with van der Waals surface area (Å²) in [5, 5.41) is 2.29. The molecule has 0 heterocycles. The summed E-state index contributed by atoms with van der Waals surface area (Å²) in [6, 6.07) is 8.45. The molecule has 1 amide bonds. The van der Waals surface area contributed by atoms with Crippen LogP contribution in [0.15, 0.2) is 42.6 Å². The van der Waals surface area contributed by atoms with Crippen LogP contribution in [0.3, 0.4) is 0 Å². The van der Waals surface area contributed by atoms with Gasteiger partial charge >= 0.3 is 12.1 Å².